The molecule has 0 bridgehead atoms. The number of nitrogens with one attached hydrogen (secondary N) is 2. The smallest absolute Gasteiger partial charge is 0.407 e. The Labute approximate surface area is 140 Å². The van der Waals surface area contributed by atoms with Crippen LogP contribution in [0, 0.1) is 5.92 Å². The minimum atomic E-state index is -0.640. The van der Waals surface area contributed by atoms with Crippen molar-refractivity contribution in [1.29, 1.82) is 0 Å². The van der Waals surface area contributed by atoms with E-state index in [-0.39, 0.29) is 23.9 Å². The molecule has 0 aromatic rings. The van der Waals surface area contributed by atoms with Gasteiger partial charge in [-0.15, -0.1) is 0 Å². The summed E-state index contributed by atoms with van der Waals surface area (Å²) in [5.41, 5.74) is 0. The summed E-state index contributed by atoms with van der Waals surface area (Å²) < 4.78 is 4.58. The van der Waals surface area contributed by atoms with Gasteiger partial charge in [0.15, 0.2) is 0 Å². The molecule has 6 nitrogen and oxygen atoms in total. The van der Waals surface area contributed by atoms with Crippen LogP contribution in [0.25, 0.3) is 0 Å². The standard InChI is InChI=1S/C16H23N3O3S/c1-9(2)13(19-16(21)22-4)14(20)17-10(3)15-18-11-7-5-6-8-12(11)23-15/h5-13H,1-4H3,(H,17,20)(H,19,21). The first kappa shape index (κ1) is 17.6. The zero-order valence-corrected chi connectivity index (χ0v) is 14.6. The molecule has 23 heavy (non-hydrogen) atoms. The van der Waals surface area contributed by atoms with Crippen molar-refractivity contribution < 1.29 is 14.3 Å². The molecule has 2 amide bonds. The Bertz CT molecular complexity index is 557. The second-order valence-corrected chi connectivity index (χ2v) is 7.10. The second-order valence-electron chi connectivity index (χ2n) is 5.90. The Morgan fingerprint density at radius 1 is 1.22 bits per heavy atom. The number of ether oxygens (including phenoxy) is 1. The highest BCUT2D eigenvalue weighted by atomic mass is 32.2. The van der Waals surface area contributed by atoms with Crippen molar-refractivity contribution in [1.82, 2.24) is 10.6 Å². The van der Waals surface area contributed by atoms with Crippen LogP contribution in [0.15, 0.2) is 29.3 Å². The van der Waals surface area contributed by atoms with Gasteiger partial charge in [-0.05, 0) is 12.8 Å². The summed E-state index contributed by atoms with van der Waals surface area (Å²) in [7, 11) is 1.28. The van der Waals surface area contributed by atoms with Crippen LogP contribution in [0.5, 0.6) is 0 Å². The minimum Gasteiger partial charge on any atom is -0.453 e. The number of amides is 2. The van der Waals surface area contributed by atoms with E-state index in [4.69, 9.17) is 0 Å². The van der Waals surface area contributed by atoms with Crippen molar-refractivity contribution in [2.24, 2.45) is 10.9 Å². The first-order valence-corrected chi connectivity index (χ1v) is 8.54. The minimum absolute atomic E-state index is 0.0482. The lowest BCUT2D eigenvalue weighted by Crippen LogP contribution is -2.52. The largest absolute Gasteiger partial charge is 0.453 e. The van der Waals surface area contributed by atoms with Crippen molar-refractivity contribution in [3.05, 3.63) is 24.3 Å². The number of hydrogen-bond acceptors (Lipinski definition) is 5. The molecule has 4 unspecified atom stereocenters. The first-order valence-electron chi connectivity index (χ1n) is 7.66. The number of alkyl carbamates (subject to hydrolysis) is 1. The molecule has 0 saturated carbocycles. The highest BCUT2D eigenvalue weighted by Gasteiger charge is 2.32. The molecule has 0 saturated heterocycles. The maximum absolute atomic E-state index is 12.4. The van der Waals surface area contributed by atoms with Crippen LogP contribution in [-0.2, 0) is 9.53 Å². The van der Waals surface area contributed by atoms with Gasteiger partial charge in [0, 0.05) is 0 Å². The van der Waals surface area contributed by atoms with Gasteiger partial charge >= 0.3 is 6.09 Å². The zero-order valence-electron chi connectivity index (χ0n) is 13.8. The van der Waals surface area contributed by atoms with Crippen molar-refractivity contribution in [3.8, 4) is 0 Å². The van der Waals surface area contributed by atoms with Crippen molar-refractivity contribution in [2.45, 2.75) is 44.1 Å². The summed E-state index contributed by atoms with van der Waals surface area (Å²) >= 11 is 1.67. The third kappa shape index (κ3) is 4.37. The fraction of sp³-hybridized carbons (Fsp3) is 0.562. The van der Waals surface area contributed by atoms with Crippen LogP contribution in [0.2, 0.25) is 0 Å². The lowest BCUT2D eigenvalue weighted by Gasteiger charge is -2.23. The van der Waals surface area contributed by atoms with Gasteiger partial charge in [0.1, 0.15) is 6.04 Å². The van der Waals surface area contributed by atoms with E-state index in [1.165, 1.54) is 7.11 Å². The number of thioether (sulfide) groups is 1. The Kier molecular flexibility index (Phi) is 5.87. The Hall–Kier alpha value is -1.76. The number of hydrogen-bond donors (Lipinski definition) is 2. The van der Waals surface area contributed by atoms with E-state index in [1.54, 1.807) is 11.8 Å². The normalized spacial score (nSPS) is 24.7. The van der Waals surface area contributed by atoms with Gasteiger partial charge in [-0.25, -0.2) is 4.79 Å². The van der Waals surface area contributed by atoms with Gasteiger partial charge in [0.25, 0.3) is 0 Å². The third-order valence-electron chi connectivity index (χ3n) is 3.73. The van der Waals surface area contributed by atoms with Crippen LogP contribution >= 0.6 is 11.8 Å². The number of rotatable bonds is 5. The number of allylic oxidation sites excluding steroid dienone is 2. The SMILES string of the molecule is COC(=O)NC(C(=O)NC(C)C1=NC2C=CC=CC2S1)C(C)C. The van der Waals surface area contributed by atoms with E-state index in [0.29, 0.717) is 5.25 Å². The zero-order chi connectivity index (χ0) is 17.0. The molecule has 0 aromatic carbocycles. The Morgan fingerprint density at radius 3 is 2.52 bits per heavy atom. The van der Waals surface area contributed by atoms with Crippen molar-refractivity contribution in [2.75, 3.05) is 7.11 Å². The summed E-state index contributed by atoms with van der Waals surface area (Å²) in [6.07, 6.45) is 7.59. The lowest BCUT2D eigenvalue weighted by atomic mass is 10.0. The molecule has 0 radical (unpaired) electrons. The molecule has 1 heterocycles. The fourth-order valence-electron chi connectivity index (χ4n) is 2.42. The van der Waals surface area contributed by atoms with E-state index in [2.05, 4.69) is 32.5 Å². The number of carbonyl (C=O) groups excluding carboxylic acids is 2. The lowest BCUT2D eigenvalue weighted by molar-refractivity contribution is -0.124. The average Bonchev–Trinajstić information content (AvgIpc) is 2.95. The maximum Gasteiger partial charge on any atom is 0.407 e. The highest BCUT2D eigenvalue weighted by Crippen LogP contribution is 2.32. The van der Waals surface area contributed by atoms with Gasteiger partial charge in [0.2, 0.25) is 5.91 Å². The van der Waals surface area contributed by atoms with Crippen LogP contribution in [0.4, 0.5) is 4.79 Å². The number of carbonyl (C=O) groups is 2. The Morgan fingerprint density at radius 2 is 1.91 bits per heavy atom. The molecule has 2 rings (SSSR count). The molecule has 0 aromatic heterocycles. The van der Waals surface area contributed by atoms with Gasteiger partial charge in [-0.1, -0.05) is 49.9 Å². The van der Waals surface area contributed by atoms with Crippen molar-refractivity contribution in [3.63, 3.8) is 0 Å². The summed E-state index contributed by atoms with van der Waals surface area (Å²) in [5.74, 6) is -0.282. The predicted octanol–water partition coefficient (Wildman–Crippen LogP) is 1.88. The molecule has 1 aliphatic carbocycles. The summed E-state index contributed by atoms with van der Waals surface area (Å²) in [6.45, 7) is 5.65. The first-order chi connectivity index (χ1) is 10.9. The number of methoxy groups -OCH3 is 1. The Balaban J connectivity index is 1.97. The fourth-order valence-corrected chi connectivity index (χ4v) is 3.60. The molecular weight excluding hydrogens is 314 g/mol. The van der Waals surface area contributed by atoms with Gasteiger partial charge in [-0.3, -0.25) is 9.79 Å². The van der Waals surface area contributed by atoms with Crippen molar-refractivity contribution >= 4 is 28.8 Å². The van der Waals surface area contributed by atoms with E-state index in [1.807, 2.05) is 32.9 Å². The topological polar surface area (TPSA) is 79.8 Å². The van der Waals surface area contributed by atoms with E-state index >= 15 is 0 Å². The third-order valence-corrected chi connectivity index (χ3v) is 5.14. The quantitative estimate of drug-likeness (QED) is 0.803. The van der Waals surface area contributed by atoms with Gasteiger partial charge < -0.3 is 15.4 Å². The molecule has 0 spiro atoms. The molecule has 4 atom stereocenters. The number of aliphatic imine (C=N–C) groups is 1. The van der Waals surface area contributed by atoms with E-state index in [9.17, 15) is 9.59 Å². The van der Waals surface area contributed by atoms with Crippen LogP contribution in [-0.4, -0.2) is 47.5 Å². The highest BCUT2D eigenvalue weighted by molar-refractivity contribution is 8.15. The predicted molar refractivity (Wildman–Crippen MR) is 92.7 cm³/mol. The van der Waals surface area contributed by atoms with E-state index < -0.39 is 12.1 Å². The van der Waals surface area contributed by atoms with Gasteiger partial charge in [-0.2, -0.15) is 0 Å². The summed E-state index contributed by atoms with van der Waals surface area (Å²) in [4.78, 5) is 28.5. The van der Waals surface area contributed by atoms with Crippen LogP contribution in [0.1, 0.15) is 20.8 Å². The van der Waals surface area contributed by atoms with Crippen LogP contribution < -0.4 is 10.6 Å². The van der Waals surface area contributed by atoms with E-state index in [0.717, 1.165) is 5.04 Å². The summed E-state index contributed by atoms with van der Waals surface area (Å²) in [6, 6.07) is -0.687. The molecular formula is C16H23N3O3S. The number of nitrogens with zero attached hydrogens (tertiary/aromatic N) is 1. The van der Waals surface area contributed by atoms with Crippen LogP contribution in [0.3, 0.4) is 0 Å². The molecule has 126 valence electrons. The summed E-state index contributed by atoms with van der Waals surface area (Å²) in [5, 5.41) is 6.72. The maximum atomic E-state index is 12.4. The monoisotopic (exact) mass is 337 g/mol. The van der Waals surface area contributed by atoms with Gasteiger partial charge in [0.05, 0.1) is 29.5 Å². The molecule has 0 fully saturated rings. The molecule has 2 aliphatic rings. The number of fused-ring (bicyclic) bond motifs is 1. The molecule has 7 heteroatoms. The average molecular weight is 337 g/mol. The second kappa shape index (κ2) is 7.68. The molecule has 2 N–H and O–H groups in total. The molecule has 1 aliphatic heterocycles.